The number of hydrogen-bond acceptors (Lipinski definition) is 9. The summed E-state index contributed by atoms with van der Waals surface area (Å²) >= 11 is 0. The maximum absolute atomic E-state index is 13.2. The molecule has 1 aliphatic carbocycles. The quantitative estimate of drug-likeness (QED) is 0.453. The molecular formula is C32H45N7O5. The molecule has 3 heterocycles. The number of likely N-dealkylation sites (tertiary alicyclic amines) is 1. The molecule has 0 radical (unpaired) electrons. The van der Waals surface area contributed by atoms with E-state index in [1.165, 1.54) is 0 Å². The molecule has 5 rings (SSSR count). The van der Waals surface area contributed by atoms with Gasteiger partial charge < -0.3 is 34.8 Å². The minimum atomic E-state index is -0.542. The molecule has 0 bridgehead atoms. The van der Waals surface area contributed by atoms with Gasteiger partial charge in [0.05, 0.1) is 19.0 Å². The van der Waals surface area contributed by atoms with Gasteiger partial charge >= 0.3 is 6.09 Å². The van der Waals surface area contributed by atoms with Gasteiger partial charge in [-0.3, -0.25) is 9.59 Å². The first-order chi connectivity index (χ1) is 21.0. The molecule has 1 aromatic heterocycles. The van der Waals surface area contributed by atoms with E-state index in [-0.39, 0.29) is 36.0 Å². The van der Waals surface area contributed by atoms with Crippen LogP contribution in [-0.2, 0) is 9.53 Å². The highest BCUT2D eigenvalue weighted by Gasteiger charge is 2.41. The summed E-state index contributed by atoms with van der Waals surface area (Å²) in [5.41, 5.74) is 1.24. The fraction of sp³-hybridized carbons (Fsp3) is 0.594. The molecule has 12 nitrogen and oxygen atoms in total. The summed E-state index contributed by atoms with van der Waals surface area (Å²) in [5.74, 6) is 1.49. The van der Waals surface area contributed by atoms with E-state index < -0.39 is 5.60 Å². The zero-order valence-electron chi connectivity index (χ0n) is 26.7. The van der Waals surface area contributed by atoms with Gasteiger partial charge in [0.15, 0.2) is 5.82 Å². The van der Waals surface area contributed by atoms with E-state index in [1.807, 2.05) is 27.7 Å². The highest BCUT2D eigenvalue weighted by atomic mass is 16.6. The van der Waals surface area contributed by atoms with Crippen molar-refractivity contribution < 1.29 is 23.9 Å². The Morgan fingerprint density at radius 1 is 1.09 bits per heavy atom. The van der Waals surface area contributed by atoms with Gasteiger partial charge in [-0.25, -0.2) is 9.78 Å². The van der Waals surface area contributed by atoms with E-state index in [2.05, 4.69) is 20.5 Å². The third-order valence-corrected chi connectivity index (χ3v) is 8.60. The Balaban J connectivity index is 1.27. The van der Waals surface area contributed by atoms with Crippen molar-refractivity contribution in [3.8, 4) is 5.75 Å². The summed E-state index contributed by atoms with van der Waals surface area (Å²) in [6.07, 6.45) is 7.75. The number of rotatable bonds is 7. The second kappa shape index (κ2) is 12.9. The Morgan fingerprint density at radius 2 is 1.80 bits per heavy atom. The molecule has 2 aromatic rings. The monoisotopic (exact) mass is 607 g/mol. The Morgan fingerprint density at radius 3 is 2.43 bits per heavy atom. The smallest absolute Gasteiger partial charge is 0.410 e. The van der Waals surface area contributed by atoms with E-state index in [9.17, 15) is 14.4 Å². The summed E-state index contributed by atoms with van der Waals surface area (Å²) < 4.78 is 11.1. The van der Waals surface area contributed by atoms with E-state index in [4.69, 9.17) is 14.5 Å². The lowest BCUT2D eigenvalue weighted by atomic mass is 10.0. The van der Waals surface area contributed by atoms with Gasteiger partial charge in [-0.15, -0.1) is 0 Å². The zero-order chi connectivity index (χ0) is 31.6. The van der Waals surface area contributed by atoms with Crippen LogP contribution < -0.4 is 25.2 Å². The lowest BCUT2D eigenvalue weighted by molar-refractivity contribution is -0.120. The van der Waals surface area contributed by atoms with Crippen LogP contribution in [0.25, 0.3) is 0 Å². The van der Waals surface area contributed by atoms with Gasteiger partial charge in [0.25, 0.3) is 5.91 Å². The van der Waals surface area contributed by atoms with Crippen LogP contribution in [0.2, 0.25) is 0 Å². The summed E-state index contributed by atoms with van der Waals surface area (Å²) in [5, 5.41) is 6.35. The first kappa shape index (κ1) is 31.3. The molecule has 44 heavy (non-hydrogen) atoms. The lowest BCUT2D eigenvalue weighted by Gasteiger charge is -2.43. The first-order valence-electron chi connectivity index (χ1n) is 15.7. The number of anilines is 4. The van der Waals surface area contributed by atoms with Gasteiger partial charge in [0.1, 0.15) is 23.1 Å². The number of hydrogen-bond donors (Lipinski definition) is 2. The maximum atomic E-state index is 13.2. The maximum Gasteiger partial charge on any atom is 0.410 e. The molecule has 1 atom stereocenters. The van der Waals surface area contributed by atoms with Crippen molar-refractivity contribution in [2.45, 2.75) is 96.4 Å². The first-order valence-corrected chi connectivity index (χ1v) is 15.7. The minimum absolute atomic E-state index is 0.0475. The average Bonchev–Trinajstić information content (AvgIpc) is 3.53. The van der Waals surface area contributed by atoms with Crippen molar-refractivity contribution in [2.24, 2.45) is 0 Å². The topological polar surface area (TPSA) is 129 Å². The SMILES string of the molecule is CC[C@@H]1C(=O)N(C)c2cnc(Nc3ccc(C(=O)NC4CCN(C(=O)OC(C)(C)C)CC4)cc3OC)nc2N1C1CCCC1. The molecule has 0 unspecified atom stereocenters. The molecule has 1 aromatic carbocycles. The van der Waals surface area contributed by atoms with E-state index >= 15 is 0 Å². The Kier molecular flexibility index (Phi) is 9.17. The zero-order valence-corrected chi connectivity index (χ0v) is 26.7. The normalized spacial score (nSPS) is 19.5. The molecule has 1 saturated heterocycles. The number of piperidine rings is 1. The van der Waals surface area contributed by atoms with Crippen LogP contribution in [0.4, 0.5) is 27.9 Å². The predicted octanol–water partition coefficient (Wildman–Crippen LogP) is 4.86. The van der Waals surface area contributed by atoms with Crippen molar-refractivity contribution >= 4 is 41.0 Å². The number of aromatic nitrogens is 2. The lowest BCUT2D eigenvalue weighted by Crippen LogP contribution is -2.55. The number of fused-ring (bicyclic) bond motifs is 1. The van der Waals surface area contributed by atoms with E-state index in [1.54, 1.807) is 48.4 Å². The largest absolute Gasteiger partial charge is 0.495 e. The molecule has 2 fully saturated rings. The van der Waals surface area contributed by atoms with Crippen LogP contribution in [0.1, 0.15) is 83.0 Å². The molecule has 0 spiro atoms. The molecule has 1 saturated carbocycles. The standard InChI is InChI=1S/C32H45N7O5/c1-7-24-29(41)37(5)25-19-33-30(36-27(25)39(24)22-10-8-9-11-22)35-23-13-12-20(18-26(23)43-6)28(40)34-21-14-16-38(17-15-21)31(42)44-32(2,3)4/h12-13,18-19,21-22,24H,7-11,14-17H2,1-6H3,(H,34,40)(H,33,35,36)/t24-/m1/s1. The van der Waals surface area contributed by atoms with Crippen LogP contribution in [-0.4, -0.2) is 83.7 Å². The number of carbonyl (C=O) groups excluding carboxylic acids is 3. The van der Waals surface area contributed by atoms with Gasteiger partial charge in [0, 0.05) is 37.8 Å². The molecule has 3 amide bonds. The average molecular weight is 608 g/mol. The Hall–Kier alpha value is -4.09. The highest BCUT2D eigenvalue weighted by molar-refractivity contribution is 6.04. The van der Waals surface area contributed by atoms with Crippen LogP contribution in [0.3, 0.4) is 0 Å². The Labute approximate surface area is 259 Å². The van der Waals surface area contributed by atoms with Crippen LogP contribution in [0.5, 0.6) is 5.75 Å². The number of methoxy groups -OCH3 is 1. The summed E-state index contributed by atoms with van der Waals surface area (Å²) in [4.78, 5) is 53.7. The van der Waals surface area contributed by atoms with Crippen molar-refractivity contribution in [1.82, 2.24) is 20.2 Å². The summed E-state index contributed by atoms with van der Waals surface area (Å²) in [7, 11) is 3.33. The van der Waals surface area contributed by atoms with E-state index in [0.717, 1.165) is 31.5 Å². The van der Waals surface area contributed by atoms with Crippen molar-refractivity contribution in [3.05, 3.63) is 30.0 Å². The minimum Gasteiger partial charge on any atom is -0.495 e. The highest BCUT2D eigenvalue weighted by Crippen LogP contribution is 2.40. The number of carbonyl (C=O) groups is 3. The Bertz CT molecular complexity index is 1380. The van der Waals surface area contributed by atoms with Crippen LogP contribution in [0.15, 0.2) is 24.4 Å². The fourth-order valence-electron chi connectivity index (χ4n) is 6.30. The van der Waals surface area contributed by atoms with Gasteiger partial charge in [-0.1, -0.05) is 19.8 Å². The summed E-state index contributed by atoms with van der Waals surface area (Å²) in [6.45, 7) is 8.63. The van der Waals surface area contributed by atoms with Gasteiger partial charge in [-0.2, -0.15) is 4.98 Å². The van der Waals surface area contributed by atoms with Crippen LogP contribution in [0, 0.1) is 0 Å². The number of nitrogens with one attached hydrogen (secondary N) is 2. The number of benzene rings is 1. The molecule has 2 N–H and O–H groups in total. The van der Waals surface area contributed by atoms with Crippen molar-refractivity contribution in [2.75, 3.05) is 42.4 Å². The molecule has 12 heteroatoms. The molecular weight excluding hydrogens is 562 g/mol. The summed E-state index contributed by atoms with van der Waals surface area (Å²) in [6, 6.07) is 5.18. The third-order valence-electron chi connectivity index (χ3n) is 8.60. The second-order valence-corrected chi connectivity index (χ2v) is 12.8. The van der Waals surface area contributed by atoms with Crippen molar-refractivity contribution in [3.63, 3.8) is 0 Å². The number of nitrogens with zero attached hydrogens (tertiary/aromatic N) is 5. The fourth-order valence-corrected chi connectivity index (χ4v) is 6.30. The molecule has 2 aliphatic heterocycles. The van der Waals surface area contributed by atoms with Crippen molar-refractivity contribution in [1.29, 1.82) is 0 Å². The van der Waals surface area contributed by atoms with Gasteiger partial charge in [0.2, 0.25) is 11.9 Å². The van der Waals surface area contributed by atoms with E-state index in [0.29, 0.717) is 61.0 Å². The molecule has 3 aliphatic rings. The van der Waals surface area contributed by atoms with Crippen LogP contribution >= 0.6 is 0 Å². The molecule has 238 valence electrons. The van der Waals surface area contributed by atoms with Gasteiger partial charge in [-0.05, 0) is 71.1 Å². The third kappa shape index (κ3) is 6.68. The second-order valence-electron chi connectivity index (χ2n) is 12.8. The number of likely N-dealkylation sites (N-methyl/N-ethyl adjacent to an activating group) is 1. The number of amides is 3. The predicted molar refractivity (Wildman–Crippen MR) is 169 cm³/mol. The number of ether oxygens (including phenoxy) is 2.